The van der Waals surface area contributed by atoms with Crippen LogP contribution in [0.2, 0.25) is 0 Å². The number of hydrogen-bond donors (Lipinski definition) is 1. The number of aromatic nitrogens is 1. The molecule has 0 unspecified atom stereocenters. The number of ether oxygens (including phenoxy) is 1. The van der Waals surface area contributed by atoms with E-state index in [0.717, 1.165) is 51.3 Å². The first-order valence-corrected chi connectivity index (χ1v) is 10.9. The second-order valence-corrected chi connectivity index (χ2v) is 8.00. The molecule has 2 aromatic carbocycles. The average Bonchev–Trinajstić information content (AvgIpc) is 3.14. The fraction of sp³-hybridized carbons (Fsp3) is 0.400. The Morgan fingerprint density at radius 2 is 1.83 bits per heavy atom. The number of fused-ring (bicyclic) bond motifs is 1. The molecule has 5 heteroatoms. The number of benzene rings is 2. The molecule has 1 aliphatic heterocycles. The molecule has 1 aliphatic rings. The van der Waals surface area contributed by atoms with Gasteiger partial charge in [-0.2, -0.15) is 0 Å². The van der Waals surface area contributed by atoms with Crippen LogP contribution in [0.4, 0.5) is 0 Å². The topological polar surface area (TPSA) is 54.7 Å². The fourth-order valence-electron chi connectivity index (χ4n) is 4.60. The third-order valence-corrected chi connectivity index (χ3v) is 6.17. The van der Waals surface area contributed by atoms with E-state index in [1.807, 2.05) is 19.1 Å². The number of likely N-dealkylation sites (tertiary alicyclic amines) is 1. The Balaban J connectivity index is 1.46. The number of rotatable bonds is 8. The normalized spacial score (nSPS) is 15.6. The van der Waals surface area contributed by atoms with Gasteiger partial charge in [0.15, 0.2) is 0 Å². The standard InChI is InChI=1S/C25H30N2O3/c1-2-30-16-15-27-18-23(22-9-5-6-10-24(22)27)19-11-13-26(14-12-19)17-20-7-3-4-8-21(20)25(28)29/h3-10,18-19H,2,11-17H2,1H3,(H,28,29). The number of carbonyl (C=O) groups is 1. The molecule has 158 valence electrons. The van der Waals surface area contributed by atoms with E-state index in [1.165, 1.54) is 16.5 Å². The molecule has 5 nitrogen and oxygen atoms in total. The lowest BCUT2D eigenvalue weighted by Crippen LogP contribution is -2.33. The van der Waals surface area contributed by atoms with Gasteiger partial charge in [0.05, 0.1) is 12.2 Å². The number of hydrogen-bond acceptors (Lipinski definition) is 3. The van der Waals surface area contributed by atoms with E-state index in [9.17, 15) is 9.90 Å². The second kappa shape index (κ2) is 9.45. The Hall–Kier alpha value is -2.63. The van der Waals surface area contributed by atoms with Crippen LogP contribution in [-0.4, -0.2) is 46.8 Å². The maximum atomic E-state index is 11.5. The molecule has 0 spiro atoms. The lowest BCUT2D eigenvalue weighted by Gasteiger charge is -2.32. The Morgan fingerprint density at radius 1 is 1.10 bits per heavy atom. The highest BCUT2D eigenvalue weighted by atomic mass is 16.5. The number of carboxylic acid groups (broad SMARTS) is 1. The van der Waals surface area contributed by atoms with E-state index in [1.54, 1.807) is 12.1 Å². The summed E-state index contributed by atoms with van der Waals surface area (Å²) in [6.45, 7) is 7.05. The summed E-state index contributed by atoms with van der Waals surface area (Å²) in [5, 5.41) is 10.8. The van der Waals surface area contributed by atoms with Crippen LogP contribution in [0.3, 0.4) is 0 Å². The molecule has 0 aliphatic carbocycles. The maximum Gasteiger partial charge on any atom is 0.336 e. The van der Waals surface area contributed by atoms with Crippen molar-refractivity contribution in [3.63, 3.8) is 0 Å². The molecular formula is C25H30N2O3. The smallest absolute Gasteiger partial charge is 0.336 e. The van der Waals surface area contributed by atoms with Gasteiger partial charge in [0.25, 0.3) is 0 Å². The van der Waals surface area contributed by atoms with Crippen LogP contribution in [0.5, 0.6) is 0 Å². The third kappa shape index (κ3) is 4.42. The van der Waals surface area contributed by atoms with E-state index in [4.69, 9.17) is 4.74 Å². The fourth-order valence-corrected chi connectivity index (χ4v) is 4.60. The number of carboxylic acids is 1. The highest BCUT2D eigenvalue weighted by Crippen LogP contribution is 2.35. The van der Waals surface area contributed by atoms with E-state index < -0.39 is 5.97 Å². The van der Waals surface area contributed by atoms with Gasteiger partial charge in [0.2, 0.25) is 0 Å². The van der Waals surface area contributed by atoms with Crippen molar-refractivity contribution in [1.82, 2.24) is 9.47 Å². The van der Waals surface area contributed by atoms with Gasteiger partial charge in [0.1, 0.15) is 0 Å². The predicted molar refractivity (Wildman–Crippen MR) is 119 cm³/mol. The van der Waals surface area contributed by atoms with Crippen molar-refractivity contribution in [1.29, 1.82) is 0 Å². The van der Waals surface area contributed by atoms with Gasteiger partial charge >= 0.3 is 5.97 Å². The maximum absolute atomic E-state index is 11.5. The largest absolute Gasteiger partial charge is 0.478 e. The van der Waals surface area contributed by atoms with Crippen molar-refractivity contribution in [2.75, 3.05) is 26.3 Å². The van der Waals surface area contributed by atoms with Crippen molar-refractivity contribution in [3.8, 4) is 0 Å². The van der Waals surface area contributed by atoms with Gasteiger partial charge in [0, 0.05) is 36.8 Å². The number of nitrogens with zero attached hydrogens (tertiary/aromatic N) is 2. The lowest BCUT2D eigenvalue weighted by molar-refractivity contribution is 0.0694. The van der Waals surface area contributed by atoms with Gasteiger partial charge in [-0.3, -0.25) is 4.90 Å². The van der Waals surface area contributed by atoms with E-state index in [0.29, 0.717) is 18.0 Å². The molecule has 1 aromatic heterocycles. The molecule has 1 fully saturated rings. The van der Waals surface area contributed by atoms with Crippen LogP contribution in [0.1, 0.15) is 47.2 Å². The van der Waals surface area contributed by atoms with Crippen LogP contribution in [0.15, 0.2) is 54.7 Å². The van der Waals surface area contributed by atoms with Crippen LogP contribution >= 0.6 is 0 Å². The van der Waals surface area contributed by atoms with Gasteiger partial charge in [-0.25, -0.2) is 4.79 Å². The van der Waals surface area contributed by atoms with E-state index in [2.05, 4.69) is 39.9 Å². The van der Waals surface area contributed by atoms with Crippen LogP contribution in [0.25, 0.3) is 10.9 Å². The summed E-state index contributed by atoms with van der Waals surface area (Å²) in [7, 11) is 0. The van der Waals surface area contributed by atoms with Crippen molar-refractivity contribution in [2.24, 2.45) is 0 Å². The van der Waals surface area contributed by atoms with Crippen molar-refractivity contribution in [3.05, 3.63) is 71.4 Å². The summed E-state index contributed by atoms with van der Waals surface area (Å²) in [4.78, 5) is 13.9. The average molecular weight is 407 g/mol. The quantitative estimate of drug-likeness (QED) is 0.548. The van der Waals surface area contributed by atoms with Gasteiger partial charge in [-0.15, -0.1) is 0 Å². The van der Waals surface area contributed by atoms with Crippen molar-refractivity contribution in [2.45, 2.75) is 38.8 Å². The molecule has 0 bridgehead atoms. The van der Waals surface area contributed by atoms with Gasteiger partial charge in [-0.1, -0.05) is 36.4 Å². The first-order chi connectivity index (χ1) is 14.7. The van der Waals surface area contributed by atoms with Crippen LogP contribution in [-0.2, 0) is 17.8 Å². The Labute approximate surface area is 177 Å². The predicted octanol–water partition coefficient (Wildman–Crippen LogP) is 4.76. The second-order valence-electron chi connectivity index (χ2n) is 8.00. The SMILES string of the molecule is CCOCCn1cc(C2CCN(Cc3ccccc3C(=O)O)CC2)c2ccccc21. The van der Waals surface area contributed by atoms with Gasteiger partial charge in [-0.05, 0) is 62.0 Å². The van der Waals surface area contributed by atoms with Crippen LogP contribution < -0.4 is 0 Å². The zero-order chi connectivity index (χ0) is 20.9. The van der Waals surface area contributed by atoms with E-state index >= 15 is 0 Å². The van der Waals surface area contributed by atoms with E-state index in [-0.39, 0.29) is 0 Å². The zero-order valence-electron chi connectivity index (χ0n) is 17.6. The molecule has 0 atom stereocenters. The Morgan fingerprint density at radius 3 is 2.60 bits per heavy atom. The van der Waals surface area contributed by atoms with Crippen LogP contribution in [0, 0.1) is 0 Å². The molecule has 0 amide bonds. The van der Waals surface area contributed by atoms with Gasteiger partial charge < -0.3 is 14.4 Å². The molecule has 0 radical (unpaired) electrons. The first kappa shape index (κ1) is 20.6. The first-order valence-electron chi connectivity index (χ1n) is 10.9. The third-order valence-electron chi connectivity index (χ3n) is 6.17. The molecule has 3 aromatic rings. The highest BCUT2D eigenvalue weighted by Gasteiger charge is 2.24. The summed E-state index contributed by atoms with van der Waals surface area (Å²) in [6.07, 6.45) is 4.51. The Bertz CT molecular complexity index is 1000. The molecule has 1 saturated heterocycles. The summed E-state index contributed by atoms with van der Waals surface area (Å²) in [6, 6.07) is 16.0. The summed E-state index contributed by atoms with van der Waals surface area (Å²) in [5.41, 5.74) is 4.03. The monoisotopic (exact) mass is 406 g/mol. The molecular weight excluding hydrogens is 376 g/mol. The summed E-state index contributed by atoms with van der Waals surface area (Å²) < 4.78 is 7.90. The molecule has 2 heterocycles. The number of aromatic carboxylic acids is 1. The molecule has 0 saturated carbocycles. The zero-order valence-corrected chi connectivity index (χ0v) is 17.6. The number of para-hydroxylation sites is 1. The molecule has 1 N–H and O–H groups in total. The minimum absolute atomic E-state index is 0.414. The molecule has 4 rings (SSSR count). The highest BCUT2D eigenvalue weighted by molar-refractivity contribution is 5.89. The minimum Gasteiger partial charge on any atom is -0.478 e. The molecule has 30 heavy (non-hydrogen) atoms. The minimum atomic E-state index is -0.847. The van der Waals surface area contributed by atoms with Crippen molar-refractivity contribution >= 4 is 16.9 Å². The lowest BCUT2D eigenvalue weighted by atomic mass is 9.89. The Kier molecular flexibility index (Phi) is 6.50. The number of piperidine rings is 1. The summed E-state index contributed by atoms with van der Waals surface area (Å²) in [5.74, 6) is -0.311. The van der Waals surface area contributed by atoms with Crippen molar-refractivity contribution < 1.29 is 14.6 Å². The summed E-state index contributed by atoms with van der Waals surface area (Å²) >= 11 is 0.